The van der Waals surface area contributed by atoms with Crippen molar-refractivity contribution in [3.8, 4) is 0 Å². The highest BCUT2D eigenvalue weighted by Crippen LogP contribution is 2.32. The van der Waals surface area contributed by atoms with Gasteiger partial charge in [-0.2, -0.15) is 0 Å². The zero-order chi connectivity index (χ0) is 24.6. The minimum absolute atomic E-state index is 0.226. The predicted octanol–water partition coefficient (Wildman–Crippen LogP) is 3.15. The largest absolute Gasteiger partial charge is 0.369 e. The molecule has 0 atom stereocenters. The number of piperazine rings is 1. The lowest BCUT2D eigenvalue weighted by molar-refractivity contribution is 0.0823. The lowest BCUT2D eigenvalue weighted by Gasteiger charge is -2.36. The van der Waals surface area contributed by atoms with E-state index in [2.05, 4.69) is 53.1 Å². The molecule has 178 valence electrons. The average molecular weight is 461 g/mol. The van der Waals surface area contributed by atoms with Gasteiger partial charge < -0.3 is 25.8 Å². The molecule has 1 aromatic heterocycles. The Bertz CT molecular complexity index is 1240. The second kappa shape index (κ2) is 9.30. The van der Waals surface area contributed by atoms with E-state index in [1.54, 1.807) is 32.3 Å². The van der Waals surface area contributed by atoms with Gasteiger partial charge in [0.15, 0.2) is 5.69 Å². The average Bonchev–Trinajstić information content (AvgIpc) is 2.78. The van der Waals surface area contributed by atoms with Crippen molar-refractivity contribution in [3.63, 3.8) is 0 Å². The molecule has 2 heterocycles. The van der Waals surface area contributed by atoms with Gasteiger partial charge in [-0.3, -0.25) is 9.59 Å². The molecule has 2 aromatic carbocycles. The number of likely N-dealkylation sites (N-methyl/N-ethyl adjacent to an activating group) is 1. The summed E-state index contributed by atoms with van der Waals surface area (Å²) in [7, 11) is 5.54. The summed E-state index contributed by atoms with van der Waals surface area (Å²) in [5, 5.41) is 4.24. The van der Waals surface area contributed by atoms with Crippen LogP contribution in [0.5, 0.6) is 0 Å². The van der Waals surface area contributed by atoms with Gasteiger partial charge in [0.2, 0.25) is 5.91 Å². The second-order valence-corrected chi connectivity index (χ2v) is 9.23. The monoisotopic (exact) mass is 460 g/mol. The third-order valence-corrected chi connectivity index (χ3v) is 6.30. The molecule has 0 unspecified atom stereocenters. The number of carbonyl (C=O) groups is 2. The van der Waals surface area contributed by atoms with Crippen molar-refractivity contribution >= 4 is 39.8 Å². The van der Waals surface area contributed by atoms with Gasteiger partial charge in [-0.25, -0.2) is 4.98 Å². The van der Waals surface area contributed by atoms with Gasteiger partial charge >= 0.3 is 0 Å². The summed E-state index contributed by atoms with van der Waals surface area (Å²) in [6.07, 6.45) is 0. The Morgan fingerprint density at radius 3 is 2.24 bits per heavy atom. The van der Waals surface area contributed by atoms with Crippen molar-refractivity contribution in [1.29, 1.82) is 0 Å². The first-order valence-electron chi connectivity index (χ1n) is 11.4. The van der Waals surface area contributed by atoms with Crippen LogP contribution in [0.4, 0.5) is 17.1 Å². The van der Waals surface area contributed by atoms with Gasteiger partial charge in [0.05, 0.1) is 11.2 Å². The van der Waals surface area contributed by atoms with Crippen LogP contribution in [0, 0.1) is 13.8 Å². The maximum Gasteiger partial charge on any atom is 0.274 e. The number of carbonyl (C=O) groups excluding carboxylic acids is 2. The van der Waals surface area contributed by atoms with Crippen molar-refractivity contribution in [2.45, 2.75) is 13.8 Å². The summed E-state index contributed by atoms with van der Waals surface area (Å²) < 4.78 is 0. The Morgan fingerprint density at radius 2 is 1.65 bits per heavy atom. The number of benzene rings is 2. The molecule has 0 aliphatic carbocycles. The lowest BCUT2D eigenvalue weighted by Crippen LogP contribution is -2.45. The molecular weight excluding hydrogens is 428 g/mol. The number of nitrogens with two attached hydrogens (primary N) is 1. The number of nitrogens with one attached hydrogen (secondary N) is 1. The zero-order valence-electron chi connectivity index (χ0n) is 20.5. The van der Waals surface area contributed by atoms with Gasteiger partial charge in [-0.1, -0.05) is 6.07 Å². The predicted molar refractivity (Wildman–Crippen MR) is 137 cm³/mol. The highest BCUT2D eigenvalue weighted by Gasteiger charge is 2.20. The summed E-state index contributed by atoms with van der Waals surface area (Å²) >= 11 is 0. The molecule has 4 rings (SSSR count). The summed E-state index contributed by atoms with van der Waals surface area (Å²) in [6, 6.07) is 11.2. The van der Waals surface area contributed by atoms with Gasteiger partial charge in [0.1, 0.15) is 0 Å². The number of anilines is 3. The normalized spacial score (nSPS) is 14.3. The second-order valence-electron chi connectivity index (χ2n) is 9.23. The lowest BCUT2D eigenvalue weighted by atomic mass is 10.0. The highest BCUT2D eigenvalue weighted by molar-refractivity contribution is 6.03. The molecule has 3 aromatic rings. The number of amides is 2. The smallest absolute Gasteiger partial charge is 0.274 e. The van der Waals surface area contributed by atoms with E-state index in [-0.39, 0.29) is 11.6 Å². The Kier molecular flexibility index (Phi) is 6.43. The quantitative estimate of drug-likeness (QED) is 0.607. The molecule has 34 heavy (non-hydrogen) atoms. The number of primary amides is 1. The van der Waals surface area contributed by atoms with E-state index in [4.69, 9.17) is 5.73 Å². The molecule has 8 nitrogen and oxygen atoms in total. The fourth-order valence-electron chi connectivity index (χ4n) is 4.50. The van der Waals surface area contributed by atoms with E-state index in [0.29, 0.717) is 16.8 Å². The van der Waals surface area contributed by atoms with Gasteiger partial charge in [-0.15, -0.1) is 0 Å². The van der Waals surface area contributed by atoms with Crippen molar-refractivity contribution < 1.29 is 9.59 Å². The van der Waals surface area contributed by atoms with E-state index >= 15 is 0 Å². The Morgan fingerprint density at radius 1 is 1.00 bits per heavy atom. The summed E-state index contributed by atoms with van der Waals surface area (Å²) in [5.41, 5.74) is 11.8. The van der Waals surface area contributed by atoms with E-state index in [0.717, 1.165) is 37.3 Å². The number of nitrogens with zero attached hydrogens (tertiary/aromatic N) is 4. The molecule has 2 amide bonds. The first-order valence-corrected chi connectivity index (χ1v) is 11.4. The summed E-state index contributed by atoms with van der Waals surface area (Å²) in [5.74, 6) is -0.755. The summed E-state index contributed by atoms with van der Waals surface area (Å²) in [6.45, 7) is 8.37. The molecule has 8 heteroatoms. The number of hydrogen-bond acceptors (Lipinski definition) is 6. The van der Waals surface area contributed by atoms with Crippen LogP contribution in [0.25, 0.3) is 10.9 Å². The van der Waals surface area contributed by atoms with Crippen molar-refractivity contribution in [3.05, 3.63) is 58.8 Å². The molecule has 1 aliphatic rings. The third-order valence-electron chi connectivity index (χ3n) is 6.30. The molecular formula is C26H32N6O2. The maximum absolute atomic E-state index is 13.0. The molecule has 0 radical (unpaired) electrons. The first-order chi connectivity index (χ1) is 16.1. The number of aryl methyl sites for hydroxylation is 2. The van der Waals surface area contributed by atoms with E-state index < -0.39 is 5.91 Å². The SMILES string of the molecule is Cc1cc(Nc2cc3ccc(C(N)=O)cc3nc2C(=O)N(C)C)cc(C)c1N1CCN(C)CC1. The number of aromatic nitrogens is 1. The van der Waals surface area contributed by atoms with Crippen LogP contribution in [0.3, 0.4) is 0 Å². The standard InChI is InChI=1S/C26H32N6O2/c1-16-12-20(13-17(2)24(16)32-10-8-31(5)9-11-32)28-22-14-18-6-7-19(25(27)33)15-21(18)29-23(22)26(34)30(3)4/h6-7,12-15,28H,8-11H2,1-5H3,(H2,27,33). The third kappa shape index (κ3) is 4.68. The fraction of sp³-hybridized carbons (Fsp3) is 0.346. The number of rotatable bonds is 5. The molecule has 1 saturated heterocycles. The number of pyridine rings is 1. The van der Waals surface area contributed by atoms with Crippen LogP contribution >= 0.6 is 0 Å². The van der Waals surface area contributed by atoms with E-state index in [9.17, 15) is 9.59 Å². The minimum Gasteiger partial charge on any atom is -0.369 e. The first kappa shape index (κ1) is 23.5. The van der Waals surface area contributed by atoms with E-state index in [1.165, 1.54) is 21.7 Å². The van der Waals surface area contributed by atoms with Crippen molar-refractivity contribution in [1.82, 2.24) is 14.8 Å². The van der Waals surface area contributed by atoms with Crippen LogP contribution in [0.1, 0.15) is 32.0 Å². The van der Waals surface area contributed by atoms with Crippen molar-refractivity contribution in [2.75, 3.05) is 57.5 Å². The van der Waals surface area contributed by atoms with Crippen LogP contribution < -0.4 is 16.0 Å². The van der Waals surface area contributed by atoms with Gasteiger partial charge in [0.25, 0.3) is 5.91 Å². The van der Waals surface area contributed by atoms with Gasteiger partial charge in [-0.05, 0) is 62.4 Å². The Labute approximate surface area is 200 Å². The van der Waals surface area contributed by atoms with Crippen LogP contribution in [-0.2, 0) is 0 Å². The Balaban J connectivity index is 1.73. The van der Waals surface area contributed by atoms with Crippen LogP contribution in [0.15, 0.2) is 36.4 Å². The zero-order valence-corrected chi connectivity index (χ0v) is 20.5. The van der Waals surface area contributed by atoms with Crippen LogP contribution in [-0.4, -0.2) is 73.9 Å². The molecule has 1 fully saturated rings. The van der Waals surface area contributed by atoms with E-state index in [1.807, 2.05) is 6.07 Å². The molecule has 3 N–H and O–H groups in total. The number of hydrogen-bond donors (Lipinski definition) is 2. The maximum atomic E-state index is 13.0. The van der Waals surface area contributed by atoms with Gasteiger partial charge in [0, 0.05) is 62.6 Å². The molecule has 0 saturated carbocycles. The molecule has 0 spiro atoms. The highest BCUT2D eigenvalue weighted by atomic mass is 16.2. The number of fused-ring (bicyclic) bond motifs is 1. The van der Waals surface area contributed by atoms with Crippen LogP contribution in [0.2, 0.25) is 0 Å². The minimum atomic E-state index is -0.530. The summed E-state index contributed by atoms with van der Waals surface area (Å²) in [4.78, 5) is 35.5. The Hall–Kier alpha value is -3.65. The molecule has 0 bridgehead atoms. The molecule has 1 aliphatic heterocycles. The topological polar surface area (TPSA) is 94.8 Å². The van der Waals surface area contributed by atoms with Crippen molar-refractivity contribution in [2.24, 2.45) is 5.73 Å². The fourth-order valence-corrected chi connectivity index (χ4v) is 4.50.